The second-order valence-electron chi connectivity index (χ2n) is 4.68. The van der Waals surface area contributed by atoms with Crippen molar-refractivity contribution in [3.05, 3.63) is 29.5 Å². The van der Waals surface area contributed by atoms with E-state index in [2.05, 4.69) is 15.1 Å². The lowest BCUT2D eigenvalue weighted by molar-refractivity contribution is 0.277. The molecule has 7 heteroatoms. The molecule has 2 heterocycles. The normalized spacial score (nSPS) is 11.2. The Hall–Kier alpha value is -1.99. The molecular formula is C14H16N4O2S. The lowest BCUT2D eigenvalue weighted by Gasteiger charge is -2.01. The molecule has 2 N–H and O–H groups in total. The first-order chi connectivity index (χ1) is 10.1. The summed E-state index contributed by atoms with van der Waals surface area (Å²) in [4.78, 5) is 7.79. The Balaban J connectivity index is 1.98. The summed E-state index contributed by atoms with van der Waals surface area (Å²) in [6, 6.07) is 5.70. The largest absolute Gasteiger partial charge is 0.497 e. The molecule has 6 nitrogen and oxygen atoms in total. The van der Waals surface area contributed by atoms with Crippen molar-refractivity contribution in [2.24, 2.45) is 7.05 Å². The van der Waals surface area contributed by atoms with Crippen LogP contribution in [0.5, 0.6) is 5.75 Å². The van der Waals surface area contributed by atoms with Crippen LogP contribution in [0, 0.1) is 6.92 Å². The average molecular weight is 304 g/mol. The van der Waals surface area contributed by atoms with E-state index in [9.17, 15) is 5.11 Å². The topological polar surface area (TPSA) is 76.0 Å². The Morgan fingerprint density at radius 3 is 2.95 bits per heavy atom. The van der Waals surface area contributed by atoms with Crippen LogP contribution in [0.15, 0.2) is 28.4 Å². The number of hydrogen-bond acceptors (Lipinski definition) is 5. The van der Waals surface area contributed by atoms with Crippen molar-refractivity contribution in [3.8, 4) is 5.75 Å². The number of methoxy groups -OCH3 is 1. The van der Waals surface area contributed by atoms with Gasteiger partial charge in [0.1, 0.15) is 10.8 Å². The number of aliphatic hydroxyl groups excluding tert-OH is 1. The van der Waals surface area contributed by atoms with E-state index in [1.54, 1.807) is 11.8 Å². The number of nitrogens with zero attached hydrogens (tertiary/aromatic N) is 3. The Morgan fingerprint density at radius 1 is 1.43 bits per heavy atom. The first kappa shape index (κ1) is 14.0. The van der Waals surface area contributed by atoms with Gasteiger partial charge in [-0.2, -0.15) is 5.10 Å². The molecule has 0 amide bonds. The highest BCUT2D eigenvalue weighted by molar-refractivity contribution is 7.99. The molecule has 0 radical (unpaired) electrons. The van der Waals surface area contributed by atoms with Gasteiger partial charge in [-0.05, 0) is 30.8 Å². The molecule has 3 rings (SSSR count). The number of ether oxygens (including phenoxy) is 1. The smallest absolute Gasteiger partial charge is 0.172 e. The number of aliphatic hydroxyl groups is 1. The van der Waals surface area contributed by atoms with Crippen LogP contribution < -0.4 is 4.74 Å². The standard InChI is InChI=1S/C14H16N4O2S/c1-8-10(7-19)13(18(2)17-8)21-14-15-11-5-4-9(20-3)6-12(11)16-14/h4-6,19H,7H2,1-3H3,(H,15,16). The van der Waals surface area contributed by atoms with Gasteiger partial charge in [-0.1, -0.05) is 0 Å². The van der Waals surface area contributed by atoms with Gasteiger partial charge >= 0.3 is 0 Å². The minimum Gasteiger partial charge on any atom is -0.497 e. The number of H-pyrrole nitrogens is 1. The maximum atomic E-state index is 9.48. The second kappa shape index (κ2) is 5.42. The number of aromatic nitrogens is 4. The fraction of sp³-hybridized carbons (Fsp3) is 0.286. The van der Waals surface area contributed by atoms with Crippen molar-refractivity contribution < 1.29 is 9.84 Å². The third kappa shape index (κ3) is 2.50. The van der Waals surface area contributed by atoms with E-state index in [0.717, 1.165) is 38.2 Å². The van der Waals surface area contributed by atoms with Gasteiger partial charge < -0.3 is 14.8 Å². The summed E-state index contributed by atoms with van der Waals surface area (Å²) in [5, 5.41) is 15.5. The highest BCUT2D eigenvalue weighted by atomic mass is 32.2. The molecule has 0 aliphatic heterocycles. The number of hydrogen-bond donors (Lipinski definition) is 2. The maximum absolute atomic E-state index is 9.48. The summed E-state index contributed by atoms with van der Waals surface area (Å²) in [5.41, 5.74) is 3.46. The van der Waals surface area contributed by atoms with Gasteiger partial charge in [-0.3, -0.25) is 4.68 Å². The molecular weight excluding hydrogens is 288 g/mol. The number of nitrogens with one attached hydrogen (secondary N) is 1. The number of aromatic amines is 1. The Kier molecular flexibility index (Phi) is 3.60. The summed E-state index contributed by atoms with van der Waals surface area (Å²) in [6.45, 7) is 1.86. The molecule has 21 heavy (non-hydrogen) atoms. The van der Waals surface area contributed by atoms with Gasteiger partial charge in [0.15, 0.2) is 5.16 Å². The minimum atomic E-state index is -0.0317. The summed E-state index contributed by atoms with van der Waals surface area (Å²) >= 11 is 1.46. The molecule has 0 spiro atoms. The van der Waals surface area contributed by atoms with Crippen molar-refractivity contribution in [1.29, 1.82) is 0 Å². The molecule has 0 unspecified atom stereocenters. The van der Waals surface area contributed by atoms with E-state index in [1.807, 2.05) is 32.2 Å². The lowest BCUT2D eigenvalue weighted by Crippen LogP contribution is -1.94. The molecule has 3 aromatic rings. The Morgan fingerprint density at radius 2 is 2.24 bits per heavy atom. The zero-order chi connectivity index (χ0) is 15.0. The van der Waals surface area contributed by atoms with E-state index >= 15 is 0 Å². The van der Waals surface area contributed by atoms with E-state index in [-0.39, 0.29) is 6.61 Å². The van der Waals surface area contributed by atoms with Crippen LogP contribution in [0.4, 0.5) is 0 Å². The summed E-state index contributed by atoms with van der Waals surface area (Å²) in [6.07, 6.45) is 0. The molecule has 0 fully saturated rings. The average Bonchev–Trinajstić information content (AvgIpc) is 2.99. The molecule has 0 aliphatic carbocycles. The number of imidazole rings is 1. The van der Waals surface area contributed by atoms with Crippen molar-refractivity contribution in [2.45, 2.75) is 23.7 Å². The molecule has 1 aromatic carbocycles. The zero-order valence-electron chi connectivity index (χ0n) is 12.0. The van der Waals surface area contributed by atoms with E-state index in [1.165, 1.54) is 11.8 Å². The minimum absolute atomic E-state index is 0.0317. The Bertz CT molecular complexity index is 794. The van der Waals surface area contributed by atoms with Crippen LogP contribution in [-0.2, 0) is 13.7 Å². The van der Waals surface area contributed by atoms with Crippen LogP contribution in [0.25, 0.3) is 11.0 Å². The van der Waals surface area contributed by atoms with Gasteiger partial charge in [-0.15, -0.1) is 0 Å². The third-order valence-corrected chi connectivity index (χ3v) is 4.40. The lowest BCUT2D eigenvalue weighted by atomic mass is 10.3. The molecule has 0 bridgehead atoms. The quantitative estimate of drug-likeness (QED) is 0.773. The van der Waals surface area contributed by atoms with Gasteiger partial charge in [0.25, 0.3) is 0 Å². The Labute approximate surface area is 126 Å². The summed E-state index contributed by atoms with van der Waals surface area (Å²) < 4.78 is 6.97. The van der Waals surface area contributed by atoms with Crippen LogP contribution >= 0.6 is 11.8 Å². The highest BCUT2D eigenvalue weighted by Crippen LogP contribution is 2.31. The number of aryl methyl sites for hydroxylation is 2. The first-order valence-electron chi connectivity index (χ1n) is 6.47. The first-order valence-corrected chi connectivity index (χ1v) is 7.29. The fourth-order valence-corrected chi connectivity index (χ4v) is 3.22. The van der Waals surface area contributed by atoms with Gasteiger partial charge in [-0.25, -0.2) is 4.98 Å². The van der Waals surface area contributed by atoms with Crippen LogP contribution in [0.2, 0.25) is 0 Å². The van der Waals surface area contributed by atoms with E-state index < -0.39 is 0 Å². The van der Waals surface area contributed by atoms with Gasteiger partial charge in [0.05, 0.1) is 30.4 Å². The predicted molar refractivity (Wildman–Crippen MR) is 80.6 cm³/mol. The third-order valence-electron chi connectivity index (χ3n) is 3.31. The van der Waals surface area contributed by atoms with E-state index in [4.69, 9.17) is 4.74 Å². The number of fused-ring (bicyclic) bond motifs is 1. The highest BCUT2D eigenvalue weighted by Gasteiger charge is 2.15. The van der Waals surface area contributed by atoms with Crippen molar-refractivity contribution in [3.63, 3.8) is 0 Å². The van der Waals surface area contributed by atoms with Crippen LogP contribution in [0.3, 0.4) is 0 Å². The van der Waals surface area contributed by atoms with Crippen molar-refractivity contribution in [1.82, 2.24) is 19.7 Å². The van der Waals surface area contributed by atoms with Crippen LogP contribution in [-0.4, -0.2) is 32.0 Å². The monoisotopic (exact) mass is 304 g/mol. The molecule has 0 saturated carbocycles. The molecule has 0 saturated heterocycles. The predicted octanol–water partition coefficient (Wildman–Crippen LogP) is 2.26. The van der Waals surface area contributed by atoms with E-state index in [0.29, 0.717) is 0 Å². The number of rotatable bonds is 4. The molecule has 2 aromatic heterocycles. The fourth-order valence-electron chi connectivity index (χ4n) is 2.22. The van der Waals surface area contributed by atoms with Gasteiger partial charge in [0, 0.05) is 18.7 Å². The molecule has 0 atom stereocenters. The van der Waals surface area contributed by atoms with Crippen molar-refractivity contribution in [2.75, 3.05) is 7.11 Å². The molecule has 0 aliphatic rings. The molecule has 110 valence electrons. The summed E-state index contributed by atoms with van der Waals surface area (Å²) in [7, 11) is 3.50. The van der Waals surface area contributed by atoms with Crippen molar-refractivity contribution >= 4 is 22.8 Å². The zero-order valence-corrected chi connectivity index (χ0v) is 12.9. The van der Waals surface area contributed by atoms with Gasteiger partial charge in [0.2, 0.25) is 0 Å². The van der Waals surface area contributed by atoms with Crippen LogP contribution in [0.1, 0.15) is 11.3 Å². The SMILES string of the molecule is COc1ccc2nc(Sc3c(CO)c(C)nn3C)[nH]c2c1. The number of benzene rings is 1. The summed E-state index contributed by atoms with van der Waals surface area (Å²) in [5.74, 6) is 0.787. The maximum Gasteiger partial charge on any atom is 0.172 e. The second-order valence-corrected chi connectivity index (χ2v) is 5.66.